The van der Waals surface area contributed by atoms with Crippen LogP contribution in [-0.2, 0) is 6.18 Å². The molecule has 21 heavy (non-hydrogen) atoms. The molecule has 0 radical (unpaired) electrons. The summed E-state index contributed by atoms with van der Waals surface area (Å²) in [6.07, 6.45) is -2.85. The third-order valence-electron chi connectivity index (χ3n) is 3.38. The molecule has 0 N–H and O–H groups in total. The number of fused-ring (bicyclic) bond motifs is 1. The third kappa shape index (κ3) is 2.24. The molecule has 2 aromatic carbocycles. The van der Waals surface area contributed by atoms with Gasteiger partial charge in [0.05, 0.1) is 17.3 Å². The fraction of sp³-hybridized carbons (Fsp3) is 0.125. The van der Waals surface area contributed by atoms with E-state index in [9.17, 15) is 13.2 Å². The van der Waals surface area contributed by atoms with Crippen LogP contribution in [0.2, 0.25) is 0 Å². The molecule has 3 aromatic rings. The van der Waals surface area contributed by atoms with Gasteiger partial charge in [0, 0.05) is 10.9 Å². The fourth-order valence-corrected chi connectivity index (χ4v) is 2.47. The van der Waals surface area contributed by atoms with Crippen LogP contribution in [0.15, 0.2) is 54.7 Å². The highest BCUT2D eigenvalue weighted by Crippen LogP contribution is 2.38. The Bertz CT molecular complexity index is 775. The number of nitrogens with zero attached hydrogens (tertiary/aromatic N) is 1. The van der Waals surface area contributed by atoms with Crippen molar-refractivity contribution < 1.29 is 18.0 Å². The Morgan fingerprint density at radius 1 is 0.952 bits per heavy atom. The van der Waals surface area contributed by atoms with Gasteiger partial charge in [-0.2, -0.15) is 17.9 Å². The Morgan fingerprint density at radius 3 is 2.29 bits per heavy atom. The molecule has 0 amide bonds. The standard InChI is InChI=1S/C16H12F3NO/c1-21-20-10-13(11-6-3-2-4-7-11)12-8-5-9-14(15(12)20)16(17,18)19/h2-10H,1H3. The van der Waals surface area contributed by atoms with Crippen molar-refractivity contribution in [2.24, 2.45) is 0 Å². The van der Waals surface area contributed by atoms with Gasteiger partial charge < -0.3 is 4.84 Å². The van der Waals surface area contributed by atoms with E-state index >= 15 is 0 Å². The number of halogens is 3. The van der Waals surface area contributed by atoms with Crippen LogP contribution in [0.1, 0.15) is 5.56 Å². The summed E-state index contributed by atoms with van der Waals surface area (Å²) in [5.41, 5.74) is 0.881. The molecule has 0 bridgehead atoms. The van der Waals surface area contributed by atoms with Crippen molar-refractivity contribution >= 4 is 10.9 Å². The Balaban J connectivity index is 2.36. The molecular weight excluding hydrogens is 279 g/mol. The van der Waals surface area contributed by atoms with Crippen molar-refractivity contribution in [3.05, 3.63) is 60.3 Å². The van der Waals surface area contributed by atoms with Crippen molar-refractivity contribution in [2.45, 2.75) is 6.18 Å². The van der Waals surface area contributed by atoms with E-state index in [2.05, 4.69) is 0 Å². The van der Waals surface area contributed by atoms with E-state index in [-0.39, 0.29) is 5.52 Å². The van der Waals surface area contributed by atoms with Crippen LogP contribution in [0, 0.1) is 0 Å². The molecule has 0 aliphatic rings. The van der Waals surface area contributed by atoms with Crippen molar-refractivity contribution in [1.82, 2.24) is 4.73 Å². The quantitative estimate of drug-likeness (QED) is 0.683. The summed E-state index contributed by atoms with van der Waals surface area (Å²) < 4.78 is 40.7. The molecule has 0 saturated carbocycles. The van der Waals surface area contributed by atoms with Gasteiger partial charge in [0.1, 0.15) is 7.11 Å². The van der Waals surface area contributed by atoms with Gasteiger partial charge in [-0.15, -0.1) is 0 Å². The molecular formula is C16H12F3NO. The summed E-state index contributed by atoms with van der Waals surface area (Å²) in [5.74, 6) is 0. The van der Waals surface area contributed by atoms with Crippen LogP contribution in [0.25, 0.3) is 22.0 Å². The summed E-state index contributed by atoms with van der Waals surface area (Å²) in [4.78, 5) is 5.08. The molecule has 2 nitrogen and oxygen atoms in total. The lowest BCUT2D eigenvalue weighted by Gasteiger charge is -2.10. The van der Waals surface area contributed by atoms with Crippen LogP contribution in [0.3, 0.4) is 0 Å². The SMILES string of the molecule is COn1cc(-c2ccccc2)c2cccc(C(F)(F)F)c21. The molecule has 5 heteroatoms. The number of benzene rings is 2. The van der Waals surface area contributed by atoms with Crippen molar-refractivity contribution in [1.29, 1.82) is 0 Å². The van der Waals surface area contributed by atoms with E-state index < -0.39 is 11.7 Å². The molecule has 0 atom stereocenters. The summed E-state index contributed by atoms with van der Waals surface area (Å²) >= 11 is 0. The first kappa shape index (κ1) is 13.5. The number of alkyl halides is 3. The van der Waals surface area contributed by atoms with E-state index in [1.807, 2.05) is 30.3 Å². The zero-order valence-corrected chi connectivity index (χ0v) is 11.2. The predicted octanol–water partition coefficient (Wildman–Crippen LogP) is 4.39. The van der Waals surface area contributed by atoms with Gasteiger partial charge in [0.15, 0.2) is 0 Å². The van der Waals surface area contributed by atoms with Crippen molar-refractivity contribution in [3.63, 3.8) is 0 Å². The average molecular weight is 291 g/mol. The highest BCUT2D eigenvalue weighted by molar-refractivity contribution is 5.97. The number of hydrogen-bond acceptors (Lipinski definition) is 1. The number of rotatable bonds is 2. The first-order valence-corrected chi connectivity index (χ1v) is 6.33. The monoisotopic (exact) mass is 291 g/mol. The second-order valence-electron chi connectivity index (χ2n) is 4.62. The fourth-order valence-electron chi connectivity index (χ4n) is 2.47. The van der Waals surface area contributed by atoms with Crippen LogP contribution in [-0.4, -0.2) is 11.8 Å². The van der Waals surface area contributed by atoms with Crippen molar-refractivity contribution in [3.8, 4) is 11.1 Å². The van der Waals surface area contributed by atoms with Crippen LogP contribution in [0.5, 0.6) is 0 Å². The Morgan fingerprint density at radius 2 is 1.67 bits per heavy atom. The maximum Gasteiger partial charge on any atom is 0.418 e. The van der Waals surface area contributed by atoms with Gasteiger partial charge in [-0.25, -0.2) is 0 Å². The zero-order chi connectivity index (χ0) is 15.0. The largest absolute Gasteiger partial charge is 0.418 e. The summed E-state index contributed by atoms with van der Waals surface area (Å²) in [5, 5.41) is 0.512. The lowest BCUT2D eigenvalue weighted by atomic mass is 10.0. The zero-order valence-electron chi connectivity index (χ0n) is 11.2. The average Bonchev–Trinajstić information content (AvgIpc) is 2.86. The lowest BCUT2D eigenvalue weighted by molar-refractivity contribution is -0.136. The highest BCUT2D eigenvalue weighted by atomic mass is 19.4. The van der Waals surface area contributed by atoms with Gasteiger partial charge in [-0.05, 0) is 11.6 Å². The predicted molar refractivity (Wildman–Crippen MR) is 74.9 cm³/mol. The molecule has 0 spiro atoms. The molecule has 3 rings (SSSR count). The minimum absolute atomic E-state index is 0.0337. The smallest absolute Gasteiger partial charge is 0.417 e. The van der Waals surface area contributed by atoms with Crippen molar-refractivity contribution in [2.75, 3.05) is 7.11 Å². The van der Waals surface area contributed by atoms with Gasteiger partial charge in [0.2, 0.25) is 0 Å². The molecule has 1 heterocycles. The number of hydrogen-bond donors (Lipinski definition) is 0. The maximum absolute atomic E-state index is 13.2. The normalized spacial score (nSPS) is 11.8. The van der Waals surface area contributed by atoms with E-state index in [0.29, 0.717) is 10.9 Å². The molecule has 0 saturated heterocycles. The van der Waals surface area contributed by atoms with Crippen LogP contribution < -0.4 is 4.84 Å². The Hall–Kier alpha value is -2.43. The van der Waals surface area contributed by atoms with Gasteiger partial charge >= 0.3 is 6.18 Å². The minimum atomic E-state index is -4.43. The maximum atomic E-state index is 13.2. The van der Waals surface area contributed by atoms with E-state index in [0.717, 1.165) is 11.6 Å². The molecule has 0 aliphatic heterocycles. The van der Waals surface area contributed by atoms with Gasteiger partial charge in [-0.1, -0.05) is 42.5 Å². The number of aromatic nitrogens is 1. The third-order valence-corrected chi connectivity index (χ3v) is 3.38. The topological polar surface area (TPSA) is 14.2 Å². The Labute approximate surface area is 119 Å². The van der Waals surface area contributed by atoms with E-state index in [1.54, 1.807) is 12.3 Å². The molecule has 0 unspecified atom stereocenters. The van der Waals surface area contributed by atoms with Crippen LogP contribution >= 0.6 is 0 Å². The molecule has 0 aliphatic carbocycles. The first-order valence-electron chi connectivity index (χ1n) is 6.33. The second-order valence-corrected chi connectivity index (χ2v) is 4.62. The highest BCUT2D eigenvalue weighted by Gasteiger charge is 2.34. The summed E-state index contributed by atoms with van der Waals surface area (Å²) in [7, 11) is 1.35. The minimum Gasteiger partial charge on any atom is -0.417 e. The van der Waals surface area contributed by atoms with E-state index in [1.165, 1.54) is 17.9 Å². The van der Waals surface area contributed by atoms with E-state index in [4.69, 9.17) is 4.84 Å². The lowest BCUT2D eigenvalue weighted by Crippen LogP contribution is -2.11. The molecule has 1 aromatic heterocycles. The first-order chi connectivity index (χ1) is 10.0. The van der Waals surface area contributed by atoms with Gasteiger partial charge in [-0.3, -0.25) is 0 Å². The van der Waals surface area contributed by atoms with Crippen LogP contribution in [0.4, 0.5) is 13.2 Å². The molecule has 108 valence electrons. The summed E-state index contributed by atoms with van der Waals surface area (Å²) in [6.45, 7) is 0. The van der Waals surface area contributed by atoms with Gasteiger partial charge in [0.25, 0.3) is 0 Å². The Kier molecular flexibility index (Phi) is 3.12. The molecule has 0 fully saturated rings. The second kappa shape index (κ2) is 4.84. The number of para-hydroxylation sites is 1. The summed E-state index contributed by atoms with van der Waals surface area (Å²) in [6, 6.07) is 13.4.